The molecule has 21 heavy (non-hydrogen) atoms. The molecule has 0 saturated carbocycles. The standard InChI is InChI=1S/C16H18N4S/c1-13-18-9-16(21-13)11-19(2)10-14-3-5-15(6-4-14)20-8-7-17-12-20/h3-9,12H,10-11H2,1-2H3. The SMILES string of the molecule is Cc1ncc(CN(C)Cc2ccc(-n3ccnc3)cc2)s1. The molecule has 3 aromatic rings. The topological polar surface area (TPSA) is 34.0 Å². The van der Waals surface area contributed by atoms with Crippen LogP contribution < -0.4 is 0 Å². The number of hydrogen-bond acceptors (Lipinski definition) is 4. The number of thiazole rings is 1. The van der Waals surface area contributed by atoms with Gasteiger partial charge in [-0.15, -0.1) is 11.3 Å². The van der Waals surface area contributed by atoms with Crippen LogP contribution in [0.3, 0.4) is 0 Å². The molecule has 0 fully saturated rings. The monoisotopic (exact) mass is 298 g/mol. The van der Waals surface area contributed by atoms with Crippen molar-refractivity contribution in [3.63, 3.8) is 0 Å². The summed E-state index contributed by atoms with van der Waals surface area (Å²) in [6.07, 6.45) is 7.53. The highest BCUT2D eigenvalue weighted by molar-refractivity contribution is 7.11. The Morgan fingerprint density at radius 1 is 1.19 bits per heavy atom. The summed E-state index contributed by atoms with van der Waals surface area (Å²) in [6, 6.07) is 8.59. The lowest BCUT2D eigenvalue weighted by molar-refractivity contribution is 0.322. The first-order valence-corrected chi connectivity index (χ1v) is 7.69. The number of benzene rings is 1. The van der Waals surface area contributed by atoms with E-state index in [-0.39, 0.29) is 0 Å². The first kappa shape index (κ1) is 14.0. The van der Waals surface area contributed by atoms with Gasteiger partial charge < -0.3 is 4.57 Å². The van der Waals surface area contributed by atoms with Gasteiger partial charge >= 0.3 is 0 Å². The van der Waals surface area contributed by atoms with Crippen molar-refractivity contribution in [3.8, 4) is 5.69 Å². The fourth-order valence-corrected chi connectivity index (χ4v) is 3.17. The molecule has 4 nitrogen and oxygen atoms in total. The highest BCUT2D eigenvalue weighted by Crippen LogP contribution is 2.16. The number of aromatic nitrogens is 3. The van der Waals surface area contributed by atoms with Gasteiger partial charge in [-0.25, -0.2) is 9.97 Å². The lowest BCUT2D eigenvalue weighted by atomic mass is 10.2. The van der Waals surface area contributed by atoms with Gasteiger partial charge in [-0.1, -0.05) is 12.1 Å². The predicted molar refractivity (Wildman–Crippen MR) is 85.6 cm³/mol. The third-order valence-corrected chi connectivity index (χ3v) is 4.18. The quantitative estimate of drug-likeness (QED) is 0.725. The van der Waals surface area contributed by atoms with E-state index in [1.54, 1.807) is 17.5 Å². The maximum absolute atomic E-state index is 4.30. The molecule has 0 aliphatic heterocycles. The van der Waals surface area contributed by atoms with Crippen molar-refractivity contribution in [1.29, 1.82) is 0 Å². The summed E-state index contributed by atoms with van der Waals surface area (Å²) in [5.41, 5.74) is 2.44. The number of hydrogen-bond donors (Lipinski definition) is 0. The van der Waals surface area contributed by atoms with Crippen LogP contribution in [0.15, 0.2) is 49.2 Å². The number of aryl methyl sites for hydroxylation is 1. The molecule has 2 heterocycles. The van der Waals surface area contributed by atoms with E-state index in [0.29, 0.717) is 0 Å². The van der Waals surface area contributed by atoms with Crippen molar-refractivity contribution in [2.24, 2.45) is 0 Å². The van der Waals surface area contributed by atoms with E-state index >= 15 is 0 Å². The summed E-state index contributed by atoms with van der Waals surface area (Å²) >= 11 is 1.76. The average Bonchev–Trinajstić information content (AvgIpc) is 3.11. The van der Waals surface area contributed by atoms with Gasteiger partial charge in [0.15, 0.2) is 0 Å². The van der Waals surface area contributed by atoms with Crippen LogP contribution in [-0.2, 0) is 13.1 Å². The Balaban J connectivity index is 1.62. The van der Waals surface area contributed by atoms with E-state index in [1.807, 2.05) is 30.2 Å². The van der Waals surface area contributed by atoms with Crippen LogP contribution >= 0.6 is 11.3 Å². The second kappa shape index (κ2) is 6.20. The van der Waals surface area contributed by atoms with Crippen LogP contribution in [0.4, 0.5) is 0 Å². The summed E-state index contributed by atoms with van der Waals surface area (Å²) in [7, 11) is 2.14. The maximum Gasteiger partial charge on any atom is 0.0991 e. The van der Waals surface area contributed by atoms with Gasteiger partial charge in [-0.3, -0.25) is 4.90 Å². The molecule has 0 amide bonds. The molecule has 0 aliphatic rings. The van der Waals surface area contributed by atoms with Gasteiger partial charge in [0, 0.05) is 42.2 Å². The maximum atomic E-state index is 4.30. The third-order valence-electron chi connectivity index (χ3n) is 3.29. The van der Waals surface area contributed by atoms with Crippen molar-refractivity contribution in [3.05, 3.63) is 64.6 Å². The molecule has 1 aromatic carbocycles. The Morgan fingerprint density at radius 3 is 2.62 bits per heavy atom. The second-order valence-electron chi connectivity index (χ2n) is 5.15. The van der Waals surface area contributed by atoms with E-state index < -0.39 is 0 Å². The van der Waals surface area contributed by atoms with Crippen LogP contribution in [0.1, 0.15) is 15.4 Å². The molecular formula is C16H18N4S. The molecule has 0 aliphatic carbocycles. The lowest BCUT2D eigenvalue weighted by Crippen LogP contribution is -2.16. The summed E-state index contributed by atoms with van der Waals surface area (Å²) in [5.74, 6) is 0. The third kappa shape index (κ3) is 3.56. The molecule has 5 heteroatoms. The second-order valence-corrected chi connectivity index (χ2v) is 6.47. The van der Waals surface area contributed by atoms with Crippen LogP contribution in [0.5, 0.6) is 0 Å². The normalized spacial score (nSPS) is 11.2. The molecular weight excluding hydrogens is 280 g/mol. The van der Waals surface area contributed by atoms with Crippen LogP contribution in [0.25, 0.3) is 5.69 Å². The van der Waals surface area contributed by atoms with Crippen molar-refractivity contribution < 1.29 is 0 Å². The van der Waals surface area contributed by atoms with Crippen molar-refractivity contribution in [1.82, 2.24) is 19.4 Å². The molecule has 0 saturated heterocycles. The molecule has 0 N–H and O–H groups in total. The minimum Gasteiger partial charge on any atom is -0.306 e. The van der Waals surface area contributed by atoms with Crippen molar-refractivity contribution in [2.45, 2.75) is 20.0 Å². The molecule has 0 bridgehead atoms. The van der Waals surface area contributed by atoms with Gasteiger partial charge in [-0.2, -0.15) is 0 Å². The zero-order valence-corrected chi connectivity index (χ0v) is 13.0. The van der Waals surface area contributed by atoms with Crippen molar-refractivity contribution >= 4 is 11.3 Å². The summed E-state index contributed by atoms with van der Waals surface area (Å²) in [4.78, 5) is 12.0. The zero-order valence-electron chi connectivity index (χ0n) is 12.2. The number of rotatable bonds is 5. The molecule has 3 rings (SSSR count). The lowest BCUT2D eigenvalue weighted by Gasteiger charge is -2.15. The molecule has 0 spiro atoms. The van der Waals surface area contributed by atoms with Gasteiger partial charge in [0.2, 0.25) is 0 Å². The van der Waals surface area contributed by atoms with Gasteiger partial charge in [0.05, 0.1) is 11.3 Å². The van der Waals surface area contributed by atoms with E-state index in [9.17, 15) is 0 Å². The Bertz CT molecular complexity index is 685. The van der Waals surface area contributed by atoms with Crippen LogP contribution in [-0.4, -0.2) is 26.5 Å². The smallest absolute Gasteiger partial charge is 0.0991 e. The van der Waals surface area contributed by atoms with E-state index in [2.05, 4.69) is 46.2 Å². The summed E-state index contributed by atoms with van der Waals surface area (Å²) in [6.45, 7) is 3.92. The molecule has 0 atom stereocenters. The van der Waals surface area contributed by atoms with Crippen molar-refractivity contribution in [2.75, 3.05) is 7.05 Å². The first-order valence-electron chi connectivity index (χ1n) is 6.88. The molecule has 2 aromatic heterocycles. The Morgan fingerprint density at radius 2 is 2.00 bits per heavy atom. The molecule has 0 radical (unpaired) electrons. The fourth-order valence-electron chi connectivity index (χ4n) is 2.30. The van der Waals surface area contributed by atoms with Crippen LogP contribution in [0, 0.1) is 6.92 Å². The number of nitrogens with zero attached hydrogens (tertiary/aromatic N) is 4. The minimum absolute atomic E-state index is 0.932. The highest BCUT2D eigenvalue weighted by Gasteiger charge is 2.05. The minimum atomic E-state index is 0.932. The highest BCUT2D eigenvalue weighted by atomic mass is 32.1. The average molecular weight is 298 g/mol. The predicted octanol–water partition coefficient (Wildman–Crippen LogP) is 3.27. The summed E-state index contributed by atoms with van der Waals surface area (Å²) in [5, 5.41) is 1.13. The van der Waals surface area contributed by atoms with Crippen LogP contribution in [0.2, 0.25) is 0 Å². The van der Waals surface area contributed by atoms with Gasteiger partial charge in [0.1, 0.15) is 0 Å². The van der Waals surface area contributed by atoms with E-state index in [0.717, 1.165) is 23.8 Å². The van der Waals surface area contributed by atoms with E-state index in [1.165, 1.54) is 10.4 Å². The molecule has 0 unspecified atom stereocenters. The largest absolute Gasteiger partial charge is 0.306 e. The van der Waals surface area contributed by atoms with Gasteiger partial charge in [0.25, 0.3) is 0 Å². The Hall–Kier alpha value is -1.98. The Labute approximate surface area is 128 Å². The summed E-state index contributed by atoms with van der Waals surface area (Å²) < 4.78 is 2.01. The van der Waals surface area contributed by atoms with E-state index in [4.69, 9.17) is 0 Å². The zero-order chi connectivity index (χ0) is 14.7. The fraction of sp³-hybridized carbons (Fsp3) is 0.250. The molecule has 108 valence electrons. The Kier molecular flexibility index (Phi) is 4.13. The first-order chi connectivity index (χ1) is 10.2. The van der Waals surface area contributed by atoms with Gasteiger partial charge in [-0.05, 0) is 31.7 Å². The number of imidazole rings is 1.